The van der Waals surface area contributed by atoms with E-state index in [4.69, 9.17) is 0 Å². The Labute approximate surface area is 183 Å². The number of aromatic hydroxyl groups is 1. The van der Waals surface area contributed by atoms with Crippen LogP contribution in [0.15, 0.2) is 36.9 Å². The molecule has 10 heteroatoms. The number of piperidine rings is 1. The van der Waals surface area contributed by atoms with Gasteiger partial charge in [-0.25, -0.2) is 18.4 Å². The molecule has 6 rings (SSSR count). The highest BCUT2D eigenvalue weighted by Crippen LogP contribution is 2.40. The number of phenols is 1. The summed E-state index contributed by atoms with van der Waals surface area (Å²) in [4.78, 5) is 11.1. The monoisotopic (exact) mass is 439 g/mol. The van der Waals surface area contributed by atoms with E-state index >= 15 is 4.39 Å². The molecule has 8 nitrogen and oxygen atoms in total. The molecule has 3 fully saturated rings. The van der Waals surface area contributed by atoms with Crippen molar-refractivity contribution in [2.45, 2.75) is 62.4 Å². The Morgan fingerprint density at radius 2 is 2.00 bits per heavy atom. The van der Waals surface area contributed by atoms with Crippen LogP contribution in [0.3, 0.4) is 0 Å². The van der Waals surface area contributed by atoms with E-state index in [2.05, 4.69) is 30.5 Å². The molecule has 2 N–H and O–H groups in total. The van der Waals surface area contributed by atoms with Gasteiger partial charge in [-0.3, -0.25) is 4.98 Å². The summed E-state index contributed by atoms with van der Waals surface area (Å²) in [7, 11) is 0. The maximum absolute atomic E-state index is 15.2. The van der Waals surface area contributed by atoms with Crippen LogP contribution >= 0.6 is 0 Å². The van der Waals surface area contributed by atoms with E-state index in [0.717, 1.165) is 32.1 Å². The highest BCUT2D eigenvalue weighted by molar-refractivity contribution is 5.69. The third kappa shape index (κ3) is 3.29. The summed E-state index contributed by atoms with van der Waals surface area (Å²) in [6, 6.07) is 2.82. The first-order chi connectivity index (χ1) is 15.6. The van der Waals surface area contributed by atoms with Crippen molar-refractivity contribution in [1.29, 1.82) is 0 Å². The van der Waals surface area contributed by atoms with Gasteiger partial charge in [0.05, 0.1) is 36.5 Å². The molecule has 2 unspecified atom stereocenters. The lowest BCUT2D eigenvalue weighted by Gasteiger charge is -2.41. The molecular weight excluding hydrogens is 416 g/mol. The highest BCUT2D eigenvalue weighted by Gasteiger charge is 2.48. The minimum absolute atomic E-state index is 0.0859. The van der Waals surface area contributed by atoms with E-state index in [-0.39, 0.29) is 35.1 Å². The summed E-state index contributed by atoms with van der Waals surface area (Å²) in [5, 5.41) is 21.3. The zero-order chi connectivity index (χ0) is 21.8. The number of rotatable bonds is 5. The van der Waals surface area contributed by atoms with Crippen molar-refractivity contribution in [2.75, 3.05) is 4.90 Å². The Bertz CT molecular complexity index is 1120. The summed E-state index contributed by atoms with van der Waals surface area (Å²) >= 11 is 0. The summed E-state index contributed by atoms with van der Waals surface area (Å²) < 4.78 is 31.1. The number of nitrogens with zero attached hydrogens (tertiary/aromatic N) is 6. The van der Waals surface area contributed by atoms with E-state index < -0.39 is 12.0 Å². The number of hydrogen-bond acceptors (Lipinski definition) is 7. The first-order valence-corrected chi connectivity index (χ1v) is 11.0. The molecule has 2 bridgehead atoms. The van der Waals surface area contributed by atoms with Gasteiger partial charge in [-0.2, -0.15) is 0 Å². The molecule has 4 heterocycles. The van der Waals surface area contributed by atoms with Crippen molar-refractivity contribution < 1.29 is 13.9 Å². The summed E-state index contributed by atoms with van der Waals surface area (Å²) in [6.07, 6.45) is 9.77. The summed E-state index contributed by atoms with van der Waals surface area (Å²) in [5.41, 5.74) is 0.655. The molecule has 2 aliphatic heterocycles. The minimum atomic E-state index is -0.946. The van der Waals surface area contributed by atoms with Crippen LogP contribution in [0.4, 0.5) is 14.6 Å². The summed E-state index contributed by atoms with van der Waals surface area (Å²) in [6.45, 7) is 0. The average molecular weight is 439 g/mol. The second-order valence-electron chi connectivity index (χ2n) is 8.86. The topological polar surface area (TPSA) is 92.0 Å². The quantitative estimate of drug-likeness (QED) is 0.632. The lowest BCUT2D eigenvalue weighted by atomic mass is 9.96. The molecule has 2 aromatic heterocycles. The van der Waals surface area contributed by atoms with E-state index in [1.807, 2.05) is 0 Å². The Morgan fingerprint density at radius 1 is 1.12 bits per heavy atom. The van der Waals surface area contributed by atoms with Gasteiger partial charge in [0.15, 0.2) is 0 Å². The molecule has 4 atom stereocenters. The second kappa shape index (κ2) is 7.47. The molecule has 2 saturated heterocycles. The number of hydrogen-bond donors (Lipinski definition) is 2. The Kier molecular flexibility index (Phi) is 4.56. The third-order valence-electron chi connectivity index (χ3n) is 6.76. The Balaban J connectivity index is 1.30. The number of benzene rings is 1. The van der Waals surface area contributed by atoms with Gasteiger partial charge in [0, 0.05) is 29.8 Å². The van der Waals surface area contributed by atoms with E-state index in [9.17, 15) is 9.50 Å². The van der Waals surface area contributed by atoms with Crippen LogP contribution in [-0.4, -0.2) is 60.4 Å². The van der Waals surface area contributed by atoms with Crippen LogP contribution in [0.2, 0.25) is 0 Å². The number of nitrogens with one attached hydrogen (secondary N) is 1. The lowest BCUT2D eigenvalue weighted by molar-refractivity contribution is 0.171. The third-order valence-corrected chi connectivity index (χ3v) is 6.76. The first-order valence-electron chi connectivity index (χ1n) is 11.0. The molecular formula is C22H23F2N7O. The fourth-order valence-electron chi connectivity index (χ4n) is 5.09. The Morgan fingerprint density at radius 3 is 2.72 bits per heavy atom. The maximum Gasteiger partial charge on any atom is 0.149 e. The van der Waals surface area contributed by atoms with Gasteiger partial charge >= 0.3 is 0 Å². The number of fused-ring (bicyclic) bond motifs is 2. The fourth-order valence-corrected chi connectivity index (χ4v) is 5.09. The van der Waals surface area contributed by atoms with Crippen LogP contribution in [0.1, 0.15) is 32.1 Å². The first kappa shape index (κ1) is 19.5. The fraction of sp³-hybridized carbons (Fsp3) is 0.455. The van der Waals surface area contributed by atoms with Crippen molar-refractivity contribution in [3.63, 3.8) is 0 Å². The van der Waals surface area contributed by atoms with Gasteiger partial charge in [-0.1, -0.05) is 5.21 Å². The van der Waals surface area contributed by atoms with Gasteiger partial charge in [0.2, 0.25) is 0 Å². The molecule has 1 aliphatic carbocycles. The molecule has 0 spiro atoms. The standard InChI is InChI=1S/C22H23F2N7O/c23-15-8-14(20(32)9-18(15)30-6-5-27-29-30)17-10-26-21(11-25-17)31(13-2-3-13)19-7-12-1-4-16(28-12)22(19)24/h5-6,8-13,16,19,22,28,32H,1-4,7H2/t12?,16?,19-,22+/m1/s1. The lowest BCUT2D eigenvalue weighted by Crippen LogP contribution is -2.57. The number of halogens is 2. The molecule has 1 aromatic carbocycles. The predicted octanol–water partition coefficient (Wildman–Crippen LogP) is 2.77. The van der Waals surface area contributed by atoms with Crippen LogP contribution in [0, 0.1) is 5.82 Å². The van der Waals surface area contributed by atoms with Crippen LogP contribution in [0.25, 0.3) is 16.9 Å². The predicted molar refractivity (Wildman–Crippen MR) is 113 cm³/mol. The maximum atomic E-state index is 15.2. The highest BCUT2D eigenvalue weighted by atomic mass is 19.1. The van der Waals surface area contributed by atoms with Crippen LogP contribution in [-0.2, 0) is 0 Å². The van der Waals surface area contributed by atoms with Crippen molar-refractivity contribution in [1.82, 2.24) is 30.3 Å². The van der Waals surface area contributed by atoms with E-state index in [1.54, 1.807) is 6.20 Å². The molecule has 1 saturated carbocycles. The number of anilines is 1. The van der Waals surface area contributed by atoms with Crippen molar-refractivity contribution in [3.05, 3.63) is 42.7 Å². The molecule has 32 heavy (non-hydrogen) atoms. The average Bonchev–Trinajstić information content (AvgIpc) is 3.32. The van der Waals surface area contributed by atoms with E-state index in [0.29, 0.717) is 17.6 Å². The molecule has 0 radical (unpaired) electrons. The van der Waals surface area contributed by atoms with Gasteiger partial charge in [0.1, 0.15) is 29.2 Å². The van der Waals surface area contributed by atoms with E-state index in [1.165, 1.54) is 35.4 Å². The smallest absolute Gasteiger partial charge is 0.149 e. The molecule has 3 aromatic rings. The number of phenolic OH excluding ortho intramolecular Hbond substituents is 1. The zero-order valence-electron chi connectivity index (χ0n) is 17.3. The van der Waals surface area contributed by atoms with Gasteiger partial charge < -0.3 is 15.3 Å². The van der Waals surface area contributed by atoms with Crippen molar-refractivity contribution >= 4 is 5.82 Å². The Hall–Kier alpha value is -3.14. The van der Waals surface area contributed by atoms with Gasteiger partial charge in [-0.05, 0) is 38.2 Å². The largest absolute Gasteiger partial charge is 0.507 e. The molecule has 166 valence electrons. The van der Waals surface area contributed by atoms with Crippen molar-refractivity contribution in [3.8, 4) is 22.7 Å². The van der Waals surface area contributed by atoms with Crippen molar-refractivity contribution in [2.24, 2.45) is 0 Å². The van der Waals surface area contributed by atoms with Gasteiger partial charge in [0.25, 0.3) is 0 Å². The SMILES string of the molecule is Oc1cc(-n2ccnn2)c(F)cc1-c1cnc(N(C2CC2)[C@@H]2CC3CCC(N3)[C@@H]2F)cn1. The van der Waals surface area contributed by atoms with Gasteiger partial charge in [-0.15, -0.1) is 5.10 Å². The van der Waals surface area contributed by atoms with Crippen LogP contribution in [0.5, 0.6) is 5.75 Å². The normalized spacial score (nSPS) is 26.9. The molecule has 3 aliphatic rings. The van der Waals surface area contributed by atoms with Crippen LogP contribution < -0.4 is 10.2 Å². The zero-order valence-corrected chi connectivity index (χ0v) is 17.3. The number of aromatic nitrogens is 5. The second-order valence-corrected chi connectivity index (χ2v) is 8.86. The number of alkyl halides is 1. The minimum Gasteiger partial charge on any atom is -0.507 e. The summed E-state index contributed by atoms with van der Waals surface area (Å²) in [5.74, 6) is -0.0830. The molecule has 0 amide bonds.